The highest BCUT2D eigenvalue weighted by atomic mass is 35.5. The summed E-state index contributed by atoms with van der Waals surface area (Å²) in [5.41, 5.74) is 3.03. The number of halogens is 2. The lowest BCUT2D eigenvalue weighted by molar-refractivity contribution is -0.895. The van der Waals surface area contributed by atoms with Crippen LogP contribution in [0.2, 0.25) is 10.0 Å². The first kappa shape index (κ1) is 21.0. The maximum atomic E-state index is 13.8. The molecule has 5 rings (SSSR count). The van der Waals surface area contributed by atoms with Crippen LogP contribution in [0.5, 0.6) is 0 Å². The van der Waals surface area contributed by atoms with Crippen molar-refractivity contribution in [2.24, 2.45) is 0 Å². The monoisotopic (exact) mass is 488 g/mol. The van der Waals surface area contributed by atoms with Crippen molar-refractivity contribution < 1.29 is 4.90 Å². The third kappa shape index (κ3) is 4.15. The first-order valence-electron chi connectivity index (χ1n) is 10.0. The van der Waals surface area contributed by atoms with E-state index in [0.717, 1.165) is 41.0 Å². The molecule has 2 aromatic heterocycles. The Morgan fingerprint density at radius 2 is 1.97 bits per heavy atom. The molecule has 3 heterocycles. The second-order valence-electron chi connectivity index (χ2n) is 7.75. The molecule has 8 heteroatoms. The third-order valence-corrected chi connectivity index (χ3v) is 8.11. The van der Waals surface area contributed by atoms with Crippen molar-refractivity contribution >= 4 is 56.5 Å². The van der Waals surface area contributed by atoms with E-state index in [1.54, 1.807) is 27.7 Å². The summed E-state index contributed by atoms with van der Waals surface area (Å²) in [5, 5.41) is 2.74. The zero-order chi connectivity index (χ0) is 21.5. The van der Waals surface area contributed by atoms with Crippen molar-refractivity contribution in [1.82, 2.24) is 9.55 Å². The summed E-state index contributed by atoms with van der Waals surface area (Å²) in [6.45, 7) is 1.97. The number of nitrogens with one attached hydrogen (secondary N) is 1. The van der Waals surface area contributed by atoms with Crippen molar-refractivity contribution in [3.63, 3.8) is 0 Å². The van der Waals surface area contributed by atoms with E-state index in [2.05, 4.69) is 7.05 Å². The van der Waals surface area contributed by atoms with E-state index in [9.17, 15) is 4.79 Å². The van der Waals surface area contributed by atoms with Crippen LogP contribution in [0.4, 0.5) is 0 Å². The maximum Gasteiger partial charge on any atom is 0.267 e. The van der Waals surface area contributed by atoms with Gasteiger partial charge in [-0.15, -0.1) is 11.3 Å². The minimum Gasteiger partial charge on any atom is -0.333 e. The van der Waals surface area contributed by atoms with Gasteiger partial charge in [0.25, 0.3) is 5.56 Å². The van der Waals surface area contributed by atoms with E-state index in [1.807, 2.05) is 48.5 Å². The number of benzene rings is 2. The van der Waals surface area contributed by atoms with E-state index in [-0.39, 0.29) is 5.56 Å². The highest BCUT2D eigenvalue weighted by molar-refractivity contribution is 7.98. The van der Waals surface area contributed by atoms with Crippen LogP contribution in [0, 0.1) is 0 Å². The van der Waals surface area contributed by atoms with Crippen LogP contribution in [0.25, 0.3) is 15.9 Å². The molecule has 0 spiro atoms. The molecule has 158 valence electrons. The summed E-state index contributed by atoms with van der Waals surface area (Å²) in [6, 6.07) is 15.2. The standard InChI is InChI=1S/C23H19Cl2N3OS2/c1-27-10-9-18-19(12-27)31-21-20(18)22(29)28(17-4-2-3-16(25)11-17)23(26-21)30-13-14-5-7-15(24)8-6-14/h2-8,11H,9-10,12-13H2,1H3/p+1. The predicted octanol–water partition coefficient (Wildman–Crippen LogP) is 4.62. The van der Waals surface area contributed by atoms with Gasteiger partial charge >= 0.3 is 0 Å². The summed E-state index contributed by atoms with van der Waals surface area (Å²) in [7, 11) is 2.19. The number of fused-ring (bicyclic) bond motifs is 3. The number of quaternary nitrogens is 1. The largest absolute Gasteiger partial charge is 0.333 e. The van der Waals surface area contributed by atoms with Gasteiger partial charge in [-0.05, 0) is 41.5 Å². The van der Waals surface area contributed by atoms with Gasteiger partial charge in [0.1, 0.15) is 11.4 Å². The number of aromatic nitrogens is 2. The molecular weight excluding hydrogens is 469 g/mol. The Morgan fingerprint density at radius 3 is 2.74 bits per heavy atom. The molecule has 4 aromatic rings. The van der Waals surface area contributed by atoms with Crippen LogP contribution in [-0.2, 0) is 18.7 Å². The highest BCUT2D eigenvalue weighted by Crippen LogP contribution is 2.33. The van der Waals surface area contributed by atoms with Gasteiger partial charge in [0, 0.05) is 22.2 Å². The predicted molar refractivity (Wildman–Crippen MR) is 130 cm³/mol. The average molecular weight is 489 g/mol. The zero-order valence-electron chi connectivity index (χ0n) is 16.8. The maximum absolute atomic E-state index is 13.8. The van der Waals surface area contributed by atoms with Crippen molar-refractivity contribution in [2.75, 3.05) is 13.6 Å². The van der Waals surface area contributed by atoms with E-state index in [1.165, 1.54) is 15.3 Å². The Hall–Kier alpha value is -1.83. The minimum absolute atomic E-state index is 0.0112. The lowest BCUT2D eigenvalue weighted by atomic mass is 10.1. The van der Waals surface area contributed by atoms with Crippen molar-refractivity contribution in [3.05, 3.63) is 84.9 Å². The first-order chi connectivity index (χ1) is 15.0. The molecule has 0 radical (unpaired) electrons. The lowest BCUT2D eigenvalue weighted by Crippen LogP contribution is -3.08. The fourth-order valence-electron chi connectivity index (χ4n) is 3.91. The van der Waals surface area contributed by atoms with Crippen molar-refractivity contribution in [1.29, 1.82) is 0 Å². The number of thioether (sulfide) groups is 1. The molecule has 0 fully saturated rings. The molecule has 0 amide bonds. The van der Waals surface area contributed by atoms with Gasteiger partial charge in [-0.25, -0.2) is 4.98 Å². The van der Waals surface area contributed by atoms with Gasteiger partial charge in [-0.1, -0.05) is 53.2 Å². The third-order valence-electron chi connectivity index (χ3n) is 5.49. The topological polar surface area (TPSA) is 39.3 Å². The molecule has 4 nitrogen and oxygen atoms in total. The fraction of sp³-hybridized carbons (Fsp3) is 0.217. The summed E-state index contributed by atoms with van der Waals surface area (Å²) in [4.78, 5) is 22.3. The van der Waals surface area contributed by atoms with Crippen LogP contribution in [0.15, 0.2) is 58.5 Å². The molecule has 0 bridgehead atoms. The highest BCUT2D eigenvalue weighted by Gasteiger charge is 2.26. The number of thiophene rings is 1. The second-order valence-corrected chi connectivity index (χ2v) is 10.6. The average Bonchev–Trinajstić information content (AvgIpc) is 3.11. The SMILES string of the molecule is C[NH+]1CCc2c(sc3nc(SCc4ccc(Cl)cc4)n(-c4cccc(Cl)c4)c(=O)c23)C1. The summed E-state index contributed by atoms with van der Waals surface area (Å²) < 4.78 is 1.72. The van der Waals surface area contributed by atoms with Crippen LogP contribution in [0.3, 0.4) is 0 Å². The molecule has 1 N–H and O–H groups in total. The Balaban J connectivity index is 1.66. The number of rotatable bonds is 4. The summed E-state index contributed by atoms with van der Waals surface area (Å²) in [6.07, 6.45) is 0.908. The Bertz CT molecular complexity index is 1330. The molecular formula is C23H20Cl2N3OS2+. The molecule has 0 saturated heterocycles. The van der Waals surface area contributed by atoms with Gasteiger partial charge < -0.3 is 4.90 Å². The van der Waals surface area contributed by atoms with E-state index < -0.39 is 0 Å². The fourth-order valence-corrected chi connectivity index (χ4v) is 6.56. The molecule has 1 atom stereocenters. The van der Waals surface area contributed by atoms with Gasteiger partial charge in [0.2, 0.25) is 0 Å². The van der Waals surface area contributed by atoms with Gasteiger partial charge in [0.05, 0.1) is 29.5 Å². The Kier molecular flexibility index (Phi) is 5.84. The normalized spacial score (nSPS) is 15.9. The Labute approximate surface area is 198 Å². The van der Waals surface area contributed by atoms with Gasteiger partial charge in [-0.3, -0.25) is 9.36 Å². The summed E-state index contributed by atoms with van der Waals surface area (Å²) in [5.74, 6) is 0.688. The molecule has 0 saturated carbocycles. The van der Waals surface area contributed by atoms with Crippen LogP contribution in [-0.4, -0.2) is 23.1 Å². The molecule has 1 unspecified atom stereocenters. The van der Waals surface area contributed by atoms with E-state index >= 15 is 0 Å². The number of likely N-dealkylation sites (N-methyl/N-ethyl adjacent to an activating group) is 1. The molecule has 1 aliphatic heterocycles. The molecule has 0 aliphatic carbocycles. The Morgan fingerprint density at radius 1 is 1.16 bits per heavy atom. The summed E-state index contributed by atoms with van der Waals surface area (Å²) >= 11 is 15.5. The zero-order valence-corrected chi connectivity index (χ0v) is 20.0. The quantitative estimate of drug-likeness (QED) is 0.336. The van der Waals surface area contributed by atoms with Crippen molar-refractivity contribution in [2.45, 2.75) is 23.9 Å². The van der Waals surface area contributed by atoms with Gasteiger partial charge in [0.15, 0.2) is 5.16 Å². The van der Waals surface area contributed by atoms with Crippen LogP contribution >= 0.6 is 46.3 Å². The van der Waals surface area contributed by atoms with Gasteiger partial charge in [-0.2, -0.15) is 0 Å². The molecule has 31 heavy (non-hydrogen) atoms. The smallest absolute Gasteiger partial charge is 0.267 e. The van der Waals surface area contributed by atoms with Crippen LogP contribution in [0.1, 0.15) is 16.0 Å². The number of nitrogens with zero attached hydrogens (tertiary/aromatic N) is 2. The van der Waals surface area contributed by atoms with E-state index in [4.69, 9.17) is 28.2 Å². The van der Waals surface area contributed by atoms with E-state index in [0.29, 0.717) is 21.0 Å². The minimum atomic E-state index is -0.0112. The second kappa shape index (κ2) is 8.60. The first-order valence-corrected chi connectivity index (χ1v) is 12.6. The molecule has 1 aliphatic rings. The lowest BCUT2D eigenvalue weighted by Gasteiger charge is -2.19. The van der Waals surface area contributed by atoms with Crippen LogP contribution < -0.4 is 10.5 Å². The molecule has 2 aromatic carbocycles. The van der Waals surface area contributed by atoms with Crippen molar-refractivity contribution in [3.8, 4) is 5.69 Å². The number of hydrogen-bond donors (Lipinski definition) is 1. The number of hydrogen-bond acceptors (Lipinski definition) is 4.